The van der Waals surface area contributed by atoms with Gasteiger partial charge in [-0.2, -0.15) is 0 Å². The number of nitrogens with zero attached hydrogens (tertiary/aromatic N) is 3. The van der Waals surface area contributed by atoms with Gasteiger partial charge in [0.25, 0.3) is 0 Å². The average molecular weight is 265 g/mol. The molecule has 0 aliphatic rings. The molecule has 0 fully saturated rings. The standard InChI is InChI=1S/C13H19N3O3/c1-15(2)6-7-16(12(17)8-13(18)19)10-11-4-3-5-14-9-11/h3-5,9H,6-8,10H2,1-2H3,(H,18,19). The Hall–Kier alpha value is -1.95. The van der Waals surface area contributed by atoms with E-state index < -0.39 is 12.4 Å². The fraction of sp³-hybridized carbons (Fsp3) is 0.462. The molecule has 1 N–H and O–H groups in total. The molecule has 1 rings (SSSR count). The molecule has 1 heterocycles. The van der Waals surface area contributed by atoms with Crippen LogP contribution in [0.2, 0.25) is 0 Å². The number of pyridine rings is 1. The molecule has 0 aliphatic heterocycles. The van der Waals surface area contributed by atoms with Crippen LogP contribution in [-0.2, 0) is 16.1 Å². The van der Waals surface area contributed by atoms with Crippen LogP contribution in [0.5, 0.6) is 0 Å². The van der Waals surface area contributed by atoms with Crippen LogP contribution in [-0.4, -0.2) is 59.0 Å². The maximum Gasteiger partial charge on any atom is 0.312 e. The highest BCUT2D eigenvalue weighted by molar-refractivity contribution is 5.93. The summed E-state index contributed by atoms with van der Waals surface area (Å²) in [6, 6.07) is 3.66. The number of carboxylic acids is 1. The summed E-state index contributed by atoms with van der Waals surface area (Å²) in [5.41, 5.74) is 0.889. The van der Waals surface area contributed by atoms with Crippen LogP contribution in [0.3, 0.4) is 0 Å². The Morgan fingerprint density at radius 1 is 1.32 bits per heavy atom. The van der Waals surface area contributed by atoms with Gasteiger partial charge in [-0.15, -0.1) is 0 Å². The van der Waals surface area contributed by atoms with Crippen LogP contribution in [0.15, 0.2) is 24.5 Å². The number of likely N-dealkylation sites (N-methyl/N-ethyl adjacent to an activating group) is 1. The van der Waals surface area contributed by atoms with Crippen molar-refractivity contribution >= 4 is 11.9 Å². The Kier molecular flexibility index (Phi) is 5.95. The van der Waals surface area contributed by atoms with E-state index in [-0.39, 0.29) is 5.91 Å². The minimum Gasteiger partial charge on any atom is -0.481 e. The first-order chi connectivity index (χ1) is 8.99. The van der Waals surface area contributed by atoms with Crippen LogP contribution < -0.4 is 0 Å². The van der Waals surface area contributed by atoms with Gasteiger partial charge in [0.2, 0.25) is 5.91 Å². The molecule has 0 unspecified atom stereocenters. The molecule has 6 nitrogen and oxygen atoms in total. The molecule has 0 bridgehead atoms. The molecule has 0 aromatic carbocycles. The van der Waals surface area contributed by atoms with Gasteiger partial charge in [-0.25, -0.2) is 0 Å². The van der Waals surface area contributed by atoms with E-state index in [0.717, 1.165) is 5.56 Å². The largest absolute Gasteiger partial charge is 0.481 e. The summed E-state index contributed by atoms with van der Waals surface area (Å²) >= 11 is 0. The summed E-state index contributed by atoms with van der Waals surface area (Å²) in [5, 5.41) is 8.71. The number of carboxylic acid groups (broad SMARTS) is 1. The monoisotopic (exact) mass is 265 g/mol. The zero-order chi connectivity index (χ0) is 14.3. The molecule has 0 spiro atoms. The molecule has 104 valence electrons. The summed E-state index contributed by atoms with van der Waals surface area (Å²) in [5.74, 6) is -1.48. The Labute approximate surface area is 112 Å². The van der Waals surface area contributed by atoms with Crippen LogP contribution in [0.25, 0.3) is 0 Å². The smallest absolute Gasteiger partial charge is 0.312 e. The normalized spacial score (nSPS) is 10.5. The van der Waals surface area contributed by atoms with E-state index in [1.165, 1.54) is 0 Å². The lowest BCUT2D eigenvalue weighted by atomic mass is 10.2. The molecule has 6 heteroatoms. The molecule has 0 radical (unpaired) electrons. The molecule has 0 saturated heterocycles. The van der Waals surface area contributed by atoms with Crippen molar-refractivity contribution < 1.29 is 14.7 Å². The summed E-state index contributed by atoms with van der Waals surface area (Å²) in [6.45, 7) is 1.56. The second-order valence-corrected chi connectivity index (χ2v) is 4.55. The summed E-state index contributed by atoms with van der Waals surface area (Å²) < 4.78 is 0. The number of amides is 1. The maximum atomic E-state index is 11.9. The lowest BCUT2D eigenvalue weighted by Gasteiger charge is -2.23. The third-order valence-corrected chi connectivity index (χ3v) is 2.57. The quantitative estimate of drug-likeness (QED) is 0.724. The number of carbonyl (C=O) groups excluding carboxylic acids is 1. The van der Waals surface area contributed by atoms with E-state index in [9.17, 15) is 9.59 Å². The minimum atomic E-state index is -1.11. The van der Waals surface area contributed by atoms with Crippen LogP contribution in [0.4, 0.5) is 0 Å². The number of aliphatic carboxylic acids is 1. The summed E-state index contributed by atoms with van der Waals surface area (Å²) in [4.78, 5) is 30.0. The fourth-order valence-corrected chi connectivity index (χ4v) is 1.57. The van der Waals surface area contributed by atoms with Crippen molar-refractivity contribution in [3.05, 3.63) is 30.1 Å². The van der Waals surface area contributed by atoms with Gasteiger partial charge in [-0.1, -0.05) is 6.07 Å². The first-order valence-corrected chi connectivity index (χ1v) is 6.02. The molecule has 1 aromatic rings. The number of carbonyl (C=O) groups is 2. The number of hydrogen-bond donors (Lipinski definition) is 1. The van der Waals surface area contributed by atoms with E-state index in [1.807, 2.05) is 25.1 Å². The number of rotatable bonds is 7. The van der Waals surface area contributed by atoms with E-state index in [1.54, 1.807) is 23.4 Å². The predicted molar refractivity (Wildman–Crippen MR) is 70.5 cm³/mol. The number of hydrogen-bond acceptors (Lipinski definition) is 4. The lowest BCUT2D eigenvalue weighted by Crippen LogP contribution is -2.37. The van der Waals surface area contributed by atoms with Crippen molar-refractivity contribution in [2.24, 2.45) is 0 Å². The molecule has 19 heavy (non-hydrogen) atoms. The Morgan fingerprint density at radius 3 is 2.58 bits per heavy atom. The highest BCUT2D eigenvalue weighted by atomic mass is 16.4. The van der Waals surface area contributed by atoms with Gasteiger partial charge in [0.1, 0.15) is 6.42 Å². The van der Waals surface area contributed by atoms with Gasteiger partial charge in [0, 0.05) is 32.0 Å². The maximum absolute atomic E-state index is 11.9. The Morgan fingerprint density at radius 2 is 2.05 bits per heavy atom. The Balaban J connectivity index is 2.68. The molecular formula is C13H19N3O3. The first kappa shape index (κ1) is 15.1. The van der Waals surface area contributed by atoms with Gasteiger partial charge in [-0.05, 0) is 25.7 Å². The average Bonchev–Trinajstić information content (AvgIpc) is 2.34. The zero-order valence-corrected chi connectivity index (χ0v) is 11.2. The third-order valence-electron chi connectivity index (χ3n) is 2.57. The molecule has 0 aliphatic carbocycles. The molecule has 1 aromatic heterocycles. The van der Waals surface area contributed by atoms with Crippen LogP contribution in [0.1, 0.15) is 12.0 Å². The Bertz CT molecular complexity index is 420. The predicted octanol–water partition coefficient (Wildman–Crippen LogP) is 0.446. The summed E-state index contributed by atoms with van der Waals surface area (Å²) in [6.07, 6.45) is 2.86. The molecule has 0 saturated carbocycles. The van der Waals surface area contributed by atoms with E-state index in [2.05, 4.69) is 4.98 Å². The van der Waals surface area contributed by atoms with Crippen LogP contribution >= 0.6 is 0 Å². The van der Waals surface area contributed by atoms with Gasteiger partial charge < -0.3 is 14.9 Å². The first-order valence-electron chi connectivity index (χ1n) is 6.02. The second-order valence-electron chi connectivity index (χ2n) is 4.55. The minimum absolute atomic E-state index is 0.377. The third kappa shape index (κ3) is 5.96. The summed E-state index contributed by atoms with van der Waals surface area (Å²) in [7, 11) is 3.81. The highest BCUT2D eigenvalue weighted by Crippen LogP contribution is 2.05. The molecule has 1 amide bonds. The molecule has 0 atom stereocenters. The van der Waals surface area contributed by atoms with E-state index >= 15 is 0 Å². The van der Waals surface area contributed by atoms with Crippen molar-refractivity contribution in [3.63, 3.8) is 0 Å². The lowest BCUT2D eigenvalue weighted by molar-refractivity contribution is -0.144. The van der Waals surface area contributed by atoms with Gasteiger partial charge in [0.05, 0.1) is 0 Å². The number of aromatic nitrogens is 1. The van der Waals surface area contributed by atoms with Crippen molar-refractivity contribution in [1.29, 1.82) is 0 Å². The van der Waals surface area contributed by atoms with Gasteiger partial charge in [-0.3, -0.25) is 14.6 Å². The topological polar surface area (TPSA) is 73.7 Å². The van der Waals surface area contributed by atoms with Crippen molar-refractivity contribution in [2.75, 3.05) is 27.2 Å². The van der Waals surface area contributed by atoms with E-state index in [4.69, 9.17) is 5.11 Å². The van der Waals surface area contributed by atoms with Crippen molar-refractivity contribution in [2.45, 2.75) is 13.0 Å². The van der Waals surface area contributed by atoms with Gasteiger partial charge >= 0.3 is 5.97 Å². The highest BCUT2D eigenvalue weighted by Gasteiger charge is 2.17. The second kappa shape index (κ2) is 7.48. The van der Waals surface area contributed by atoms with E-state index in [0.29, 0.717) is 19.6 Å². The molecular weight excluding hydrogens is 246 g/mol. The van der Waals surface area contributed by atoms with Crippen molar-refractivity contribution in [1.82, 2.24) is 14.8 Å². The SMILES string of the molecule is CN(C)CCN(Cc1cccnc1)C(=O)CC(=O)O. The van der Waals surface area contributed by atoms with Crippen molar-refractivity contribution in [3.8, 4) is 0 Å². The van der Waals surface area contributed by atoms with Gasteiger partial charge in [0.15, 0.2) is 0 Å². The zero-order valence-electron chi connectivity index (χ0n) is 11.2. The fourth-order valence-electron chi connectivity index (χ4n) is 1.57. The van der Waals surface area contributed by atoms with Crippen LogP contribution in [0, 0.1) is 0 Å².